The Hall–Kier alpha value is -2.48. The van der Waals surface area contributed by atoms with Crippen LogP contribution in [0, 0.1) is 11.6 Å². The van der Waals surface area contributed by atoms with Crippen molar-refractivity contribution in [3.63, 3.8) is 0 Å². The van der Waals surface area contributed by atoms with E-state index in [1.807, 2.05) is 13.0 Å². The second-order valence-corrected chi connectivity index (χ2v) is 9.03. The van der Waals surface area contributed by atoms with Crippen LogP contribution in [0.15, 0.2) is 36.9 Å². The number of alkyl halides is 4. The summed E-state index contributed by atoms with van der Waals surface area (Å²) in [5.74, 6) is -13.7. The van der Waals surface area contributed by atoms with E-state index in [-0.39, 0.29) is 18.3 Å². The summed E-state index contributed by atoms with van der Waals surface area (Å²) in [7, 11) is 0. The number of aliphatic hydroxyl groups excluding tert-OH is 1. The molecular formula is C28H34F6O2. The average Bonchev–Trinajstić information content (AvgIpc) is 2.81. The molecule has 2 aromatic rings. The van der Waals surface area contributed by atoms with Crippen LogP contribution < -0.4 is 4.74 Å². The van der Waals surface area contributed by atoms with Crippen molar-refractivity contribution < 1.29 is 36.2 Å². The number of benzene rings is 2. The number of allylic oxidation sites excluding steroid dienone is 1. The summed E-state index contributed by atoms with van der Waals surface area (Å²) < 4.78 is 94.3. The van der Waals surface area contributed by atoms with Crippen molar-refractivity contribution in [2.45, 2.75) is 83.7 Å². The van der Waals surface area contributed by atoms with Gasteiger partial charge in [0.15, 0.2) is 11.6 Å². The lowest BCUT2D eigenvalue weighted by molar-refractivity contribution is -0.228. The minimum Gasteiger partial charge on any atom is -0.491 e. The SMILES string of the molecule is C=CCCC(C)O.CCCCC(C)c1ccc2c(c1F)C(F)(F)C(F)(F)c1c-2ccc(OCC)c1F. The minimum absolute atomic E-state index is 0.0259. The zero-order chi connectivity index (χ0) is 27.3. The molecule has 2 aromatic carbocycles. The normalized spacial score (nSPS) is 16.6. The maximum atomic E-state index is 15.1. The first-order valence-electron chi connectivity index (χ1n) is 12.2. The van der Waals surface area contributed by atoms with E-state index in [2.05, 4.69) is 6.58 Å². The van der Waals surface area contributed by atoms with Gasteiger partial charge in [0.05, 0.1) is 23.8 Å². The molecule has 3 rings (SSSR count). The number of hydrogen-bond acceptors (Lipinski definition) is 2. The lowest BCUT2D eigenvalue weighted by atomic mass is 9.78. The van der Waals surface area contributed by atoms with Gasteiger partial charge in [-0.15, -0.1) is 6.58 Å². The van der Waals surface area contributed by atoms with Crippen molar-refractivity contribution in [1.82, 2.24) is 0 Å². The summed E-state index contributed by atoms with van der Waals surface area (Å²) in [6, 6.07) is 4.67. The Morgan fingerprint density at radius 1 is 0.917 bits per heavy atom. The van der Waals surface area contributed by atoms with Crippen LogP contribution in [0.3, 0.4) is 0 Å². The predicted octanol–water partition coefficient (Wildman–Crippen LogP) is 8.85. The van der Waals surface area contributed by atoms with Gasteiger partial charge in [0.25, 0.3) is 0 Å². The van der Waals surface area contributed by atoms with Gasteiger partial charge in [-0.25, -0.2) is 8.78 Å². The zero-order valence-corrected chi connectivity index (χ0v) is 21.1. The van der Waals surface area contributed by atoms with E-state index in [1.54, 1.807) is 13.8 Å². The molecule has 2 nitrogen and oxygen atoms in total. The quantitative estimate of drug-likeness (QED) is 0.266. The first kappa shape index (κ1) is 29.7. The molecule has 1 aliphatic carbocycles. The minimum atomic E-state index is -4.93. The fraction of sp³-hybridized carbons (Fsp3) is 0.500. The van der Waals surface area contributed by atoms with Crippen molar-refractivity contribution in [3.05, 3.63) is 65.2 Å². The van der Waals surface area contributed by atoms with E-state index in [0.717, 1.165) is 37.8 Å². The lowest BCUT2D eigenvalue weighted by Crippen LogP contribution is -2.41. The van der Waals surface area contributed by atoms with Crippen molar-refractivity contribution >= 4 is 0 Å². The van der Waals surface area contributed by atoms with Gasteiger partial charge in [0.1, 0.15) is 5.82 Å². The molecule has 0 bridgehead atoms. The number of fused-ring (bicyclic) bond motifs is 3. The zero-order valence-electron chi connectivity index (χ0n) is 21.1. The number of unbranched alkanes of at least 4 members (excludes halogenated alkanes) is 1. The number of ether oxygens (including phenoxy) is 1. The molecule has 0 aliphatic heterocycles. The van der Waals surface area contributed by atoms with Crippen LogP contribution >= 0.6 is 0 Å². The summed E-state index contributed by atoms with van der Waals surface area (Å²) in [6.07, 6.45) is 5.52. The Bertz CT molecular complexity index is 1050. The van der Waals surface area contributed by atoms with Gasteiger partial charge in [-0.1, -0.05) is 44.9 Å². The molecule has 2 atom stereocenters. The lowest BCUT2D eigenvalue weighted by Gasteiger charge is -2.36. The molecule has 1 aliphatic rings. The van der Waals surface area contributed by atoms with Crippen molar-refractivity contribution in [3.8, 4) is 16.9 Å². The molecule has 1 N–H and O–H groups in total. The van der Waals surface area contributed by atoms with Crippen LogP contribution in [-0.4, -0.2) is 17.8 Å². The molecule has 8 heteroatoms. The fourth-order valence-corrected chi connectivity index (χ4v) is 4.20. The van der Waals surface area contributed by atoms with Gasteiger partial charge >= 0.3 is 11.8 Å². The average molecular weight is 517 g/mol. The van der Waals surface area contributed by atoms with Gasteiger partial charge in [-0.05, 0) is 67.9 Å². The summed E-state index contributed by atoms with van der Waals surface area (Å²) in [5.41, 5.74) is -3.76. The van der Waals surface area contributed by atoms with E-state index >= 15 is 4.39 Å². The molecule has 36 heavy (non-hydrogen) atoms. The molecule has 2 unspecified atom stereocenters. The van der Waals surface area contributed by atoms with Crippen LogP contribution in [-0.2, 0) is 11.8 Å². The number of halogens is 6. The monoisotopic (exact) mass is 516 g/mol. The van der Waals surface area contributed by atoms with Crippen LogP contribution in [0.25, 0.3) is 11.1 Å². The molecule has 0 heterocycles. The van der Waals surface area contributed by atoms with Crippen LogP contribution in [0.1, 0.15) is 82.4 Å². The highest BCUT2D eigenvalue weighted by Crippen LogP contribution is 2.60. The summed E-state index contributed by atoms with van der Waals surface area (Å²) >= 11 is 0. The van der Waals surface area contributed by atoms with E-state index in [1.165, 1.54) is 19.1 Å². The number of rotatable bonds is 9. The predicted molar refractivity (Wildman–Crippen MR) is 130 cm³/mol. The van der Waals surface area contributed by atoms with Gasteiger partial charge in [-0.2, -0.15) is 17.6 Å². The second kappa shape index (κ2) is 12.2. The van der Waals surface area contributed by atoms with E-state index in [4.69, 9.17) is 9.84 Å². The summed E-state index contributed by atoms with van der Waals surface area (Å²) in [5, 5.41) is 8.64. The molecule has 200 valence electrons. The summed E-state index contributed by atoms with van der Waals surface area (Å²) in [4.78, 5) is 0. The standard InChI is InChI=1S/C22H22F6O.C6H12O/c1-4-6-7-12(3)13-8-9-14-15-10-11-16(29-5-2)20(24)18(15)22(27,28)21(25,26)17(14)19(13)23;1-3-4-5-6(2)7/h8-12H,4-7H2,1-3H3;3,6-7H,1,4-5H2,2H3. The van der Waals surface area contributed by atoms with Gasteiger partial charge in [0.2, 0.25) is 0 Å². The maximum absolute atomic E-state index is 15.1. The second-order valence-electron chi connectivity index (χ2n) is 9.03. The van der Waals surface area contributed by atoms with Crippen molar-refractivity contribution in [2.24, 2.45) is 0 Å². The highest BCUT2D eigenvalue weighted by molar-refractivity contribution is 5.77. The molecule has 0 aromatic heterocycles. The Balaban J connectivity index is 0.000000572. The molecule has 0 spiro atoms. The highest BCUT2D eigenvalue weighted by atomic mass is 19.3. The van der Waals surface area contributed by atoms with Crippen LogP contribution in [0.2, 0.25) is 0 Å². The Kier molecular flexibility index (Phi) is 10.1. The van der Waals surface area contributed by atoms with Gasteiger partial charge in [-0.3, -0.25) is 0 Å². The van der Waals surface area contributed by atoms with Gasteiger partial charge < -0.3 is 9.84 Å². The molecule has 0 saturated carbocycles. The molecule has 0 amide bonds. The third-order valence-corrected chi connectivity index (χ3v) is 6.20. The fourth-order valence-electron chi connectivity index (χ4n) is 4.20. The Morgan fingerprint density at radius 3 is 1.94 bits per heavy atom. The first-order chi connectivity index (χ1) is 16.9. The van der Waals surface area contributed by atoms with Crippen LogP contribution in [0.5, 0.6) is 5.75 Å². The summed E-state index contributed by atoms with van der Waals surface area (Å²) in [6.45, 7) is 10.4. The molecule has 0 saturated heterocycles. The molecular weight excluding hydrogens is 482 g/mol. The van der Waals surface area contributed by atoms with E-state index in [9.17, 15) is 22.0 Å². The van der Waals surface area contributed by atoms with E-state index in [0.29, 0.717) is 6.42 Å². The molecule has 0 radical (unpaired) electrons. The van der Waals surface area contributed by atoms with Crippen molar-refractivity contribution in [1.29, 1.82) is 0 Å². The largest absolute Gasteiger partial charge is 0.491 e. The number of hydrogen-bond donors (Lipinski definition) is 1. The maximum Gasteiger partial charge on any atom is 0.343 e. The molecule has 0 fully saturated rings. The van der Waals surface area contributed by atoms with Gasteiger partial charge in [0, 0.05) is 0 Å². The van der Waals surface area contributed by atoms with Crippen LogP contribution in [0.4, 0.5) is 26.3 Å². The Morgan fingerprint density at radius 2 is 1.47 bits per heavy atom. The smallest absolute Gasteiger partial charge is 0.343 e. The first-order valence-corrected chi connectivity index (χ1v) is 12.2. The number of aliphatic hydroxyl groups is 1. The Labute approximate surface area is 209 Å². The third kappa shape index (κ3) is 5.74. The highest BCUT2D eigenvalue weighted by Gasteiger charge is 2.65. The van der Waals surface area contributed by atoms with E-state index < -0.39 is 57.4 Å². The van der Waals surface area contributed by atoms with Crippen molar-refractivity contribution in [2.75, 3.05) is 6.61 Å². The third-order valence-electron chi connectivity index (χ3n) is 6.20. The topological polar surface area (TPSA) is 29.5 Å².